The number of nitrogens with zero attached hydrogens (tertiary/aromatic N) is 3. The van der Waals surface area contributed by atoms with Crippen LogP contribution in [0.5, 0.6) is 0 Å². The summed E-state index contributed by atoms with van der Waals surface area (Å²) in [5.74, 6) is 0. The standard InChI is InChI=1S/C12H12N4O2/c1-9-3-2-4-11(16(17)18)12(9)14-7-10-5-6-13-8-15-10/h2-6,8,14H,7H2,1H3. The van der Waals surface area contributed by atoms with E-state index in [1.165, 1.54) is 12.4 Å². The first-order chi connectivity index (χ1) is 8.68. The van der Waals surface area contributed by atoms with Crippen LogP contribution in [0, 0.1) is 17.0 Å². The van der Waals surface area contributed by atoms with Crippen LogP contribution < -0.4 is 5.32 Å². The second-order valence-electron chi connectivity index (χ2n) is 3.78. The summed E-state index contributed by atoms with van der Waals surface area (Å²) in [5, 5.41) is 14.0. The van der Waals surface area contributed by atoms with Crippen molar-refractivity contribution in [2.75, 3.05) is 5.32 Å². The number of aryl methyl sites for hydroxylation is 1. The van der Waals surface area contributed by atoms with Gasteiger partial charge in [-0.25, -0.2) is 9.97 Å². The average Bonchev–Trinajstić information content (AvgIpc) is 2.38. The van der Waals surface area contributed by atoms with Crippen LogP contribution >= 0.6 is 0 Å². The molecule has 0 unspecified atom stereocenters. The van der Waals surface area contributed by atoms with Gasteiger partial charge in [0.1, 0.15) is 12.0 Å². The van der Waals surface area contributed by atoms with Gasteiger partial charge >= 0.3 is 0 Å². The Morgan fingerprint density at radius 1 is 1.39 bits per heavy atom. The molecule has 18 heavy (non-hydrogen) atoms. The van der Waals surface area contributed by atoms with Gasteiger partial charge in [-0.15, -0.1) is 0 Å². The predicted octanol–water partition coefficient (Wildman–Crippen LogP) is 2.31. The largest absolute Gasteiger partial charge is 0.374 e. The summed E-state index contributed by atoms with van der Waals surface area (Å²) in [6.07, 6.45) is 3.08. The molecule has 0 fully saturated rings. The van der Waals surface area contributed by atoms with Gasteiger partial charge in [-0.3, -0.25) is 10.1 Å². The normalized spacial score (nSPS) is 10.1. The minimum absolute atomic E-state index is 0.0732. The fourth-order valence-electron chi connectivity index (χ4n) is 1.64. The highest BCUT2D eigenvalue weighted by atomic mass is 16.6. The molecule has 6 heteroatoms. The zero-order valence-electron chi connectivity index (χ0n) is 9.83. The third-order valence-electron chi connectivity index (χ3n) is 2.54. The monoisotopic (exact) mass is 244 g/mol. The maximum Gasteiger partial charge on any atom is 0.292 e. The number of para-hydroxylation sites is 1. The van der Waals surface area contributed by atoms with Crippen molar-refractivity contribution in [2.24, 2.45) is 0 Å². The van der Waals surface area contributed by atoms with Gasteiger partial charge in [0.05, 0.1) is 17.2 Å². The number of anilines is 1. The van der Waals surface area contributed by atoms with E-state index in [1.807, 2.05) is 13.0 Å². The molecule has 0 amide bonds. The van der Waals surface area contributed by atoms with Crippen molar-refractivity contribution in [1.82, 2.24) is 9.97 Å². The first kappa shape index (κ1) is 12.0. The summed E-state index contributed by atoms with van der Waals surface area (Å²) < 4.78 is 0. The van der Waals surface area contributed by atoms with E-state index in [1.54, 1.807) is 18.3 Å². The Labute approximate surface area is 104 Å². The van der Waals surface area contributed by atoms with E-state index in [9.17, 15) is 10.1 Å². The van der Waals surface area contributed by atoms with E-state index in [0.29, 0.717) is 12.2 Å². The zero-order valence-corrected chi connectivity index (χ0v) is 9.83. The van der Waals surface area contributed by atoms with Crippen molar-refractivity contribution in [2.45, 2.75) is 13.5 Å². The molecule has 2 aromatic rings. The minimum Gasteiger partial charge on any atom is -0.374 e. The number of hydrogen-bond acceptors (Lipinski definition) is 5. The SMILES string of the molecule is Cc1cccc([N+](=O)[O-])c1NCc1ccncn1. The maximum atomic E-state index is 10.9. The number of hydrogen-bond donors (Lipinski definition) is 1. The predicted molar refractivity (Wildman–Crippen MR) is 67.2 cm³/mol. The second kappa shape index (κ2) is 5.22. The van der Waals surface area contributed by atoms with Crippen LogP contribution in [-0.4, -0.2) is 14.9 Å². The average molecular weight is 244 g/mol. The number of nitrogens with one attached hydrogen (secondary N) is 1. The molecule has 2 rings (SSSR count). The highest BCUT2D eigenvalue weighted by Gasteiger charge is 2.14. The number of nitro benzene ring substituents is 1. The minimum atomic E-state index is -0.394. The lowest BCUT2D eigenvalue weighted by atomic mass is 10.1. The number of aromatic nitrogens is 2. The molecule has 92 valence electrons. The van der Waals surface area contributed by atoms with Crippen LogP contribution in [0.1, 0.15) is 11.3 Å². The van der Waals surface area contributed by atoms with Crippen LogP contribution in [0.2, 0.25) is 0 Å². The second-order valence-corrected chi connectivity index (χ2v) is 3.78. The molecule has 0 atom stereocenters. The quantitative estimate of drug-likeness (QED) is 0.659. The van der Waals surface area contributed by atoms with Crippen molar-refractivity contribution < 1.29 is 4.92 Å². The van der Waals surface area contributed by atoms with Crippen molar-refractivity contribution in [3.05, 3.63) is 58.2 Å². The fourth-order valence-corrected chi connectivity index (χ4v) is 1.64. The van der Waals surface area contributed by atoms with E-state index in [0.717, 1.165) is 11.3 Å². The van der Waals surface area contributed by atoms with Gasteiger partial charge in [-0.1, -0.05) is 12.1 Å². The maximum absolute atomic E-state index is 10.9. The summed E-state index contributed by atoms with van der Waals surface area (Å²) in [5.41, 5.74) is 2.21. The van der Waals surface area contributed by atoms with E-state index < -0.39 is 4.92 Å². The number of nitro groups is 1. The molecule has 0 aliphatic heterocycles. The van der Waals surface area contributed by atoms with E-state index in [-0.39, 0.29) is 5.69 Å². The molecular formula is C12H12N4O2. The third kappa shape index (κ3) is 2.60. The van der Waals surface area contributed by atoms with Crippen LogP contribution in [0.15, 0.2) is 36.8 Å². The first-order valence-electron chi connectivity index (χ1n) is 5.41. The summed E-state index contributed by atoms with van der Waals surface area (Å²) in [4.78, 5) is 18.4. The molecular weight excluding hydrogens is 232 g/mol. The molecule has 0 aliphatic rings. The zero-order chi connectivity index (χ0) is 13.0. The Morgan fingerprint density at radius 3 is 2.89 bits per heavy atom. The highest BCUT2D eigenvalue weighted by Crippen LogP contribution is 2.27. The van der Waals surface area contributed by atoms with E-state index in [2.05, 4.69) is 15.3 Å². The van der Waals surface area contributed by atoms with Crippen LogP contribution in [0.3, 0.4) is 0 Å². The fraction of sp³-hybridized carbons (Fsp3) is 0.167. The molecule has 6 nitrogen and oxygen atoms in total. The molecule has 0 radical (unpaired) electrons. The lowest BCUT2D eigenvalue weighted by Crippen LogP contribution is -2.05. The molecule has 1 aromatic heterocycles. The third-order valence-corrected chi connectivity index (χ3v) is 2.54. The van der Waals surface area contributed by atoms with Gasteiger partial charge in [0.25, 0.3) is 5.69 Å². The van der Waals surface area contributed by atoms with Crippen molar-refractivity contribution >= 4 is 11.4 Å². The van der Waals surface area contributed by atoms with Crippen LogP contribution in [0.25, 0.3) is 0 Å². The molecule has 1 N–H and O–H groups in total. The molecule has 0 bridgehead atoms. The van der Waals surface area contributed by atoms with Gasteiger partial charge in [0.15, 0.2) is 0 Å². The van der Waals surface area contributed by atoms with Gasteiger partial charge in [0, 0.05) is 12.3 Å². The van der Waals surface area contributed by atoms with Gasteiger partial charge in [0.2, 0.25) is 0 Å². The van der Waals surface area contributed by atoms with Crippen molar-refractivity contribution in [3.63, 3.8) is 0 Å². The number of benzene rings is 1. The smallest absolute Gasteiger partial charge is 0.292 e. The topological polar surface area (TPSA) is 81.0 Å². The van der Waals surface area contributed by atoms with Gasteiger partial charge in [-0.2, -0.15) is 0 Å². The van der Waals surface area contributed by atoms with Crippen LogP contribution in [-0.2, 0) is 6.54 Å². The number of rotatable bonds is 4. The van der Waals surface area contributed by atoms with E-state index in [4.69, 9.17) is 0 Å². The lowest BCUT2D eigenvalue weighted by molar-refractivity contribution is -0.384. The highest BCUT2D eigenvalue weighted by molar-refractivity contribution is 5.65. The Morgan fingerprint density at radius 2 is 2.22 bits per heavy atom. The molecule has 0 spiro atoms. The molecule has 1 heterocycles. The first-order valence-corrected chi connectivity index (χ1v) is 5.41. The van der Waals surface area contributed by atoms with Crippen molar-refractivity contribution in [1.29, 1.82) is 0 Å². The Kier molecular flexibility index (Phi) is 3.47. The summed E-state index contributed by atoms with van der Waals surface area (Å²) in [7, 11) is 0. The molecule has 1 aromatic carbocycles. The molecule has 0 saturated carbocycles. The van der Waals surface area contributed by atoms with Crippen molar-refractivity contribution in [3.8, 4) is 0 Å². The summed E-state index contributed by atoms with van der Waals surface area (Å²) in [6.45, 7) is 2.25. The Hall–Kier alpha value is -2.50. The van der Waals surface area contributed by atoms with Gasteiger partial charge < -0.3 is 5.32 Å². The van der Waals surface area contributed by atoms with Crippen LogP contribution in [0.4, 0.5) is 11.4 Å². The van der Waals surface area contributed by atoms with Gasteiger partial charge in [-0.05, 0) is 18.6 Å². The summed E-state index contributed by atoms with van der Waals surface area (Å²) >= 11 is 0. The molecule has 0 aliphatic carbocycles. The Balaban J connectivity index is 2.21. The molecule has 0 saturated heterocycles. The van der Waals surface area contributed by atoms with E-state index >= 15 is 0 Å². The Bertz CT molecular complexity index is 557. The lowest BCUT2D eigenvalue weighted by Gasteiger charge is -2.09. The summed E-state index contributed by atoms with van der Waals surface area (Å²) in [6, 6.07) is 6.74.